The number of amides is 1. The summed E-state index contributed by atoms with van der Waals surface area (Å²) >= 11 is 1.67. The van der Waals surface area contributed by atoms with Crippen molar-refractivity contribution in [1.29, 1.82) is 5.26 Å². The molecule has 0 unspecified atom stereocenters. The van der Waals surface area contributed by atoms with Crippen LogP contribution in [0.1, 0.15) is 40.1 Å². The lowest BCUT2D eigenvalue weighted by Crippen LogP contribution is -2.17. The van der Waals surface area contributed by atoms with Gasteiger partial charge in [0.15, 0.2) is 0 Å². The lowest BCUT2D eigenvalue weighted by atomic mass is 10.2. The Morgan fingerprint density at radius 1 is 1.24 bits per heavy atom. The minimum absolute atomic E-state index is 0.100. The molecule has 0 radical (unpaired) electrons. The maximum absolute atomic E-state index is 12.6. The summed E-state index contributed by atoms with van der Waals surface area (Å²) in [5, 5.41) is 12.6. The molecule has 1 aromatic carbocycles. The fourth-order valence-corrected chi connectivity index (χ4v) is 4.25. The van der Waals surface area contributed by atoms with Crippen LogP contribution in [0.3, 0.4) is 0 Å². The maximum atomic E-state index is 12.6. The first kappa shape index (κ1) is 20.8. The van der Waals surface area contributed by atoms with Gasteiger partial charge < -0.3 is 14.3 Å². The summed E-state index contributed by atoms with van der Waals surface area (Å²) in [7, 11) is 0. The normalized spacial score (nSPS) is 10.7. The summed E-state index contributed by atoms with van der Waals surface area (Å²) in [6.45, 7) is 8.47. The average Bonchev–Trinajstić information content (AvgIpc) is 3.27. The van der Waals surface area contributed by atoms with Crippen LogP contribution < -0.4 is 5.32 Å². The Balaban J connectivity index is 1.70. The molecule has 0 aliphatic carbocycles. The average molecular weight is 408 g/mol. The smallest absolute Gasteiger partial charge is 0.226 e. The third kappa shape index (κ3) is 4.75. The van der Waals surface area contributed by atoms with E-state index in [0.717, 1.165) is 17.0 Å². The Labute approximate surface area is 175 Å². The van der Waals surface area contributed by atoms with E-state index in [0.29, 0.717) is 30.1 Å². The zero-order valence-electron chi connectivity index (χ0n) is 17.2. The van der Waals surface area contributed by atoms with Gasteiger partial charge in [0.2, 0.25) is 5.91 Å². The number of nitriles is 1. The summed E-state index contributed by atoms with van der Waals surface area (Å²) in [4.78, 5) is 13.8. The molecule has 5 nitrogen and oxygen atoms in total. The number of carbonyl (C=O) groups is 1. The minimum atomic E-state index is -0.100. The highest BCUT2D eigenvalue weighted by Gasteiger charge is 2.20. The van der Waals surface area contributed by atoms with E-state index in [-0.39, 0.29) is 5.91 Å². The molecule has 1 amide bonds. The molecule has 150 valence electrons. The van der Waals surface area contributed by atoms with Crippen molar-refractivity contribution < 1.29 is 9.21 Å². The molecular formula is C23H25N3O2S. The Hall–Kier alpha value is -2.91. The SMILES string of the molecule is Cc1ccc(SCCC(=O)Nc2c(C#N)c(C)c(C)n2Cc2ccco2)c(C)c1. The number of aromatic nitrogens is 1. The maximum Gasteiger partial charge on any atom is 0.226 e. The zero-order chi connectivity index (χ0) is 21.0. The highest BCUT2D eigenvalue weighted by molar-refractivity contribution is 7.99. The molecule has 0 fully saturated rings. The highest BCUT2D eigenvalue weighted by atomic mass is 32.2. The standard InChI is InChI=1S/C23H25N3O2S/c1-15-7-8-21(16(2)12-15)29-11-9-22(27)25-23-20(13-24)17(3)18(4)26(23)14-19-6-5-10-28-19/h5-8,10,12H,9,11,14H2,1-4H3,(H,25,27). The quantitative estimate of drug-likeness (QED) is 0.536. The lowest BCUT2D eigenvalue weighted by Gasteiger charge is -2.12. The van der Waals surface area contributed by atoms with Gasteiger partial charge in [0, 0.05) is 22.8 Å². The van der Waals surface area contributed by atoms with Crippen molar-refractivity contribution in [2.75, 3.05) is 11.1 Å². The number of anilines is 1. The molecule has 29 heavy (non-hydrogen) atoms. The van der Waals surface area contributed by atoms with Gasteiger partial charge in [0.1, 0.15) is 17.6 Å². The van der Waals surface area contributed by atoms with Crippen LogP contribution in [0.15, 0.2) is 45.9 Å². The van der Waals surface area contributed by atoms with Gasteiger partial charge in [0.25, 0.3) is 0 Å². The minimum Gasteiger partial charge on any atom is -0.467 e. The van der Waals surface area contributed by atoms with Crippen molar-refractivity contribution in [3.63, 3.8) is 0 Å². The Kier molecular flexibility index (Phi) is 6.50. The molecule has 0 atom stereocenters. The number of aryl methyl sites for hydroxylation is 2. The molecule has 0 saturated heterocycles. The highest BCUT2D eigenvalue weighted by Crippen LogP contribution is 2.28. The van der Waals surface area contributed by atoms with E-state index in [9.17, 15) is 10.1 Å². The number of benzene rings is 1. The molecule has 2 heterocycles. The molecule has 3 aromatic rings. The molecule has 6 heteroatoms. The fraction of sp³-hybridized carbons (Fsp3) is 0.304. The topological polar surface area (TPSA) is 71.0 Å². The van der Waals surface area contributed by atoms with Crippen molar-refractivity contribution >= 4 is 23.5 Å². The lowest BCUT2D eigenvalue weighted by molar-refractivity contribution is -0.115. The molecule has 0 spiro atoms. The monoisotopic (exact) mass is 407 g/mol. The van der Waals surface area contributed by atoms with Crippen LogP contribution in [0, 0.1) is 39.0 Å². The van der Waals surface area contributed by atoms with Crippen LogP contribution in [0.25, 0.3) is 0 Å². The van der Waals surface area contributed by atoms with E-state index in [4.69, 9.17) is 4.42 Å². The molecule has 0 aliphatic rings. The molecule has 0 aliphatic heterocycles. The van der Waals surface area contributed by atoms with E-state index in [1.807, 2.05) is 30.5 Å². The van der Waals surface area contributed by atoms with E-state index in [2.05, 4.69) is 43.4 Å². The van der Waals surface area contributed by atoms with Crippen molar-refractivity contribution in [3.8, 4) is 6.07 Å². The van der Waals surface area contributed by atoms with Crippen LogP contribution in [0.2, 0.25) is 0 Å². The number of furan rings is 1. The predicted octanol–water partition coefficient (Wildman–Crippen LogP) is 5.36. The Morgan fingerprint density at radius 3 is 2.69 bits per heavy atom. The van der Waals surface area contributed by atoms with Gasteiger partial charge in [-0.25, -0.2) is 0 Å². The first-order valence-corrected chi connectivity index (χ1v) is 10.5. The van der Waals surface area contributed by atoms with Crippen molar-refractivity contribution in [2.24, 2.45) is 0 Å². The van der Waals surface area contributed by atoms with Gasteiger partial charge in [0.05, 0.1) is 18.4 Å². The summed E-state index contributed by atoms with van der Waals surface area (Å²) in [5.74, 6) is 1.89. The number of hydrogen-bond acceptors (Lipinski definition) is 4. The first-order valence-electron chi connectivity index (χ1n) is 9.52. The second-order valence-electron chi connectivity index (χ2n) is 7.13. The molecule has 0 bridgehead atoms. The second-order valence-corrected chi connectivity index (χ2v) is 8.26. The van der Waals surface area contributed by atoms with Crippen LogP contribution in [-0.4, -0.2) is 16.2 Å². The first-order chi connectivity index (χ1) is 13.9. The molecule has 3 rings (SSSR count). The van der Waals surface area contributed by atoms with Gasteiger partial charge >= 0.3 is 0 Å². The summed E-state index contributed by atoms with van der Waals surface area (Å²) in [6, 6.07) is 12.3. The fourth-order valence-electron chi connectivity index (χ4n) is 3.30. The van der Waals surface area contributed by atoms with Crippen LogP contribution >= 0.6 is 11.8 Å². The van der Waals surface area contributed by atoms with E-state index >= 15 is 0 Å². The third-order valence-corrected chi connectivity index (χ3v) is 6.19. The number of nitrogens with one attached hydrogen (secondary N) is 1. The second kappa shape index (κ2) is 9.06. The van der Waals surface area contributed by atoms with Crippen molar-refractivity contribution in [3.05, 3.63) is 70.3 Å². The van der Waals surface area contributed by atoms with E-state index < -0.39 is 0 Å². The Morgan fingerprint density at radius 2 is 2.03 bits per heavy atom. The van der Waals surface area contributed by atoms with Crippen LogP contribution in [0.4, 0.5) is 5.82 Å². The van der Waals surface area contributed by atoms with Gasteiger partial charge in [-0.2, -0.15) is 5.26 Å². The van der Waals surface area contributed by atoms with Gasteiger partial charge in [-0.15, -0.1) is 11.8 Å². The molecule has 1 N–H and O–H groups in total. The van der Waals surface area contributed by atoms with E-state index in [1.165, 1.54) is 16.0 Å². The number of nitrogens with zero attached hydrogens (tertiary/aromatic N) is 2. The number of hydrogen-bond donors (Lipinski definition) is 1. The predicted molar refractivity (Wildman–Crippen MR) is 116 cm³/mol. The zero-order valence-corrected chi connectivity index (χ0v) is 18.0. The summed E-state index contributed by atoms with van der Waals surface area (Å²) < 4.78 is 7.38. The molecule has 0 saturated carbocycles. The largest absolute Gasteiger partial charge is 0.467 e. The summed E-state index contributed by atoms with van der Waals surface area (Å²) in [6.07, 6.45) is 1.99. The van der Waals surface area contributed by atoms with Crippen LogP contribution in [0.5, 0.6) is 0 Å². The van der Waals surface area contributed by atoms with Crippen molar-refractivity contribution in [1.82, 2.24) is 4.57 Å². The van der Waals surface area contributed by atoms with Crippen LogP contribution in [-0.2, 0) is 11.3 Å². The van der Waals surface area contributed by atoms with E-state index in [1.54, 1.807) is 18.0 Å². The molecular weight excluding hydrogens is 382 g/mol. The Bertz CT molecular complexity index is 1060. The number of rotatable bonds is 7. The molecule has 2 aromatic heterocycles. The van der Waals surface area contributed by atoms with Crippen molar-refractivity contribution in [2.45, 2.75) is 45.6 Å². The van der Waals surface area contributed by atoms with Gasteiger partial charge in [-0.1, -0.05) is 17.7 Å². The van der Waals surface area contributed by atoms with Gasteiger partial charge in [-0.3, -0.25) is 4.79 Å². The number of carbonyl (C=O) groups excluding carboxylic acids is 1. The van der Waals surface area contributed by atoms with Gasteiger partial charge in [-0.05, 0) is 57.0 Å². The number of thioether (sulfide) groups is 1. The third-order valence-electron chi connectivity index (χ3n) is 5.01. The summed E-state index contributed by atoms with van der Waals surface area (Å²) in [5.41, 5.74) is 4.78.